The Hall–Kier alpha value is -0.700. The average Bonchev–Trinajstić information content (AvgIpc) is 2.79. The molecular formula is C13H13Cl3N2. The maximum absolute atomic E-state index is 6.11. The number of para-hydroxylation sites is 1. The quantitative estimate of drug-likeness (QED) is 0.777. The number of hydrogen-bond acceptors (Lipinski definition) is 1. The molecule has 0 saturated carbocycles. The fourth-order valence-electron chi connectivity index (χ4n) is 1.93. The van der Waals surface area contributed by atoms with E-state index in [-0.39, 0.29) is 0 Å². The monoisotopic (exact) mass is 302 g/mol. The van der Waals surface area contributed by atoms with Crippen LogP contribution in [0.25, 0.3) is 0 Å². The van der Waals surface area contributed by atoms with Crippen molar-refractivity contribution in [1.82, 2.24) is 4.90 Å². The van der Waals surface area contributed by atoms with Gasteiger partial charge in [0.2, 0.25) is 0 Å². The van der Waals surface area contributed by atoms with E-state index in [0.29, 0.717) is 15.7 Å². The van der Waals surface area contributed by atoms with Crippen LogP contribution in [0, 0.1) is 0 Å². The van der Waals surface area contributed by atoms with Crippen molar-refractivity contribution in [1.29, 1.82) is 0 Å². The third-order valence-corrected chi connectivity index (χ3v) is 3.57. The zero-order valence-corrected chi connectivity index (χ0v) is 12.0. The molecule has 5 heteroatoms. The van der Waals surface area contributed by atoms with Gasteiger partial charge in [-0.15, -0.1) is 0 Å². The van der Waals surface area contributed by atoms with Gasteiger partial charge in [-0.05, 0) is 18.6 Å². The highest BCUT2D eigenvalue weighted by atomic mass is 35.5. The first-order chi connectivity index (χ1) is 8.72. The lowest BCUT2D eigenvalue weighted by molar-refractivity contribution is 0.502. The molecule has 0 aliphatic carbocycles. The lowest BCUT2D eigenvalue weighted by Crippen LogP contribution is -2.24. The topological polar surface area (TPSA) is 15.6 Å². The summed E-state index contributed by atoms with van der Waals surface area (Å²) < 4.78 is 0. The Bertz CT molecular complexity index is 463. The number of aliphatic imine (C=N–C) groups is 1. The Kier molecular flexibility index (Phi) is 4.93. The molecule has 0 radical (unpaired) electrons. The van der Waals surface area contributed by atoms with Crippen molar-refractivity contribution in [2.45, 2.75) is 12.8 Å². The van der Waals surface area contributed by atoms with Crippen LogP contribution in [-0.2, 0) is 0 Å². The summed E-state index contributed by atoms with van der Waals surface area (Å²) in [6.45, 7) is 1.76. The standard InChI is InChI=1S/C13H13Cl3N2/c14-7-3-9-18-8-2-6-12(18)17-13-10(15)4-1-5-11(13)16/h1,3-5,7H,2,6,8-9H2/b7-3+,17-12?. The molecule has 96 valence electrons. The minimum Gasteiger partial charge on any atom is -0.356 e. The fraction of sp³-hybridized carbons (Fsp3) is 0.308. The van der Waals surface area contributed by atoms with Crippen LogP contribution in [0.5, 0.6) is 0 Å². The van der Waals surface area contributed by atoms with E-state index in [4.69, 9.17) is 34.8 Å². The van der Waals surface area contributed by atoms with Gasteiger partial charge in [0.25, 0.3) is 0 Å². The van der Waals surface area contributed by atoms with E-state index < -0.39 is 0 Å². The van der Waals surface area contributed by atoms with Crippen molar-refractivity contribution >= 4 is 46.3 Å². The molecule has 0 bridgehead atoms. The predicted octanol–water partition coefficient (Wildman–Crippen LogP) is 4.87. The molecule has 18 heavy (non-hydrogen) atoms. The molecule has 1 aromatic rings. The van der Waals surface area contributed by atoms with Crippen molar-refractivity contribution in [2.24, 2.45) is 4.99 Å². The highest BCUT2D eigenvalue weighted by Gasteiger charge is 2.18. The molecule has 2 nitrogen and oxygen atoms in total. The zero-order chi connectivity index (χ0) is 13.0. The summed E-state index contributed by atoms with van der Waals surface area (Å²) in [5.74, 6) is 1.01. The van der Waals surface area contributed by atoms with Crippen molar-refractivity contribution < 1.29 is 0 Å². The van der Waals surface area contributed by atoms with Crippen LogP contribution >= 0.6 is 34.8 Å². The zero-order valence-electron chi connectivity index (χ0n) is 9.74. The van der Waals surface area contributed by atoms with Gasteiger partial charge in [0.15, 0.2) is 0 Å². The Morgan fingerprint density at radius 2 is 2.00 bits per heavy atom. The van der Waals surface area contributed by atoms with Gasteiger partial charge in [0.1, 0.15) is 11.5 Å². The largest absolute Gasteiger partial charge is 0.356 e. The Balaban J connectivity index is 2.26. The van der Waals surface area contributed by atoms with E-state index >= 15 is 0 Å². The normalized spacial score (nSPS) is 18.2. The minimum atomic E-state index is 0.578. The number of benzene rings is 1. The Morgan fingerprint density at radius 3 is 2.67 bits per heavy atom. The van der Waals surface area contributed by atoms with E-state index in [1.165, 1.54) is 5.54 Å². The van der Waals surface area contributed by atoms with Gasteiger partial charge in [0.05, 0.1) is 10.0 Å². The van der Waals surface area contributed by atoms with Crippen molar-refractivity contribution in [3.05, 3.63) is 39.9 Å². The maximum Gasteiger partial charge on any atom is 0.105 e. The summed E-state index contributed by atoms with van der Waals surface area (Å²) in [5, 5.41) is 1.16. The fourth-order valence-corrected chi connectivity index (χ4v) is 2.49. The summed E-state index contributed by atoms with van der Waals surface area (Å²) in [7, 11) is 0. The van der Waals surface area contributed by atoms with Gasteiger partial charge in [-0.3, -0.25) is 0 Å². The van der Waals surface area contributed by atoms with Crippen molar-refractivity contribution in [2.75, 3.05) is 13.1 Å². The number of halogens is 3. The molecule has 0 spiro atoms. The predicted molar refractivity (Wildman–Crippen MR) is 79.4 cm³/mol. The molecule has 0 atom stereocenters. The molecule has 0 unspecified atom stereocenters. The number of hydrogen-bond donors (Lipinski definition) is 0. The van der Waals surface area contributed by atoms with Crippen LogP contribution in [0.4, 0.5) is 5.69 Å². The van der Waals surface area contributed by atoms with E-state index in [1.807, 2.05) is 12.1 Å². The summed E-state index contributed by atoms with van der Waals surface area (Å²) >= 11 is 17.8. The molecule has 2 rings (SSSR count). The average molecular weight is 304 g/mol. The molecule has 1 heterocycles. The summed E-state index contributed by atoms with van der Waals surface area (Å²) in [4.78, 5) is 6.77. The van der Waals surface area contributed by atoms with Crippen LogP contribution in [0.1, 0.15) is 12.8 Å². The lowest BCUT2D eigenvalue weighted by Gasteiger charge is -2.16. The Morgan fingerprint density at radius 1 is 1.28 bits per heavy atom. The highest BCUT2D eigenvalue weighted by Crippen LogP contribution is 2.33. The molecule has 0 amide bonds. The van der Waals surface area contributed by atoms with Crippen LogP contribution < -0.4 is 0 Å². The van der Waals surface area contributed by atoms with E-state index in [2.05, 4.69) is 9.89 Å². The highest BCUT2D eigenvalue weighted by molar-refractivity contribution is 6.38. The van der Waals surface area contributed by atoms with Gasteiger partial charge in [-0.2, -0.15) is 0 Å². The molecule has 1 aromatic carbocycles. The van der Waals surface area contributed by atoms with E-state index in [9.17, 15) is 0 Å². The maximum atomic E-state index is 6.11. The molecule has 0 N–H and O–H groups in total. The van der Waals surface area contributed by atoms with Gasteiger partial charge in [0, 0.05) is 25.0 Å². The summed E-state index contributed by atoms with van der Waals surface area (Å²) in [5.41, 5.74) is 2.18. The second kappa shape index (κ2) is 6.46. The first-order valence-corrected chi connectivity index (χ1v) is 6.93. The third kappa shape index (κ3) is 3.19. The van der Waals surface area contributed by atoms with Crippen molar-refractivity contribution in [3.63, 3.8) is 0 Å². The molecule has 1 aliphatic rings. The molecular weight excluding hydrogens is 291 g/mol. The van der Waals surface area contributed by atoms with Crippen LogP contribution in [0.15, 0.2) is 34.8 Å². The third-order valence-electron chi connectivity index (χ3n) is 2.79. The molecule has 0 aromatic heterocycles. The number of likely N-dealkylation sites (tertiary alicyclic amines) is 1. The van der Waals surface area contributed by atoms with Crippen LogP contribution in [0.2, 0.25) is 10.0 Å². The number of nitrogens with zero attached hydrogens (tertiary/aromatic N) is 2. The van der Waals surface area contributed by atoms with Crippen LogP contribution in [0.3, 0.4) is 0 Å². The molecule has 1 fully saturated rings. The van der Waals surface area contributed by atoms with Crippen molar-refractivity contribution in [3.8, 4) is 0 Å². The summed E-state index contributed by atoms with van der Waals surface area (Å²) in [6, 6.07) is 5.41. The SMILES string of the molecule is Cl/C=C/CN1CCCC1=Nc1c(Cl)cccc1Cl. The minimum absolute atomic E-state index is 0.578. The smallest absolute Gasteiger partial charge is 0.105 e. The molecule has 1 aliphatic heterocycles. The second-order valence-electron chi connectivity index (χ2n) is 4.01. The van der Waals surface area contributed by atoms with E-state index in [1.54, 1.807) is 12.1 Å². The lowest BCUT2D eigenvalue weighted by atomic mass is 10.3. The first-order valence-electron chi connectivity index (χ1n) is 5.74. The molecule has 1 saturated heterocycles. The van der Waals surface area contributed by atoms with Gasteiger partial charge >= 0.3 is 0 Å². The van der Waals surface area contributed by atoms with Gasteiger partial charge in [-0.1, -0.05) is 46.9 Å². The Labute approximate surface area is 122 Å². The first kappa shape index (κ1) is 13.7. The van der Waals surface area contributed by atoms with Gasteiger partial charge in [-0.25, -0.2) is 4.99 Å². The number of amidine groups is 1. The number of rotatable bonds is 3. The van der Waals surface area contributed by atoms with Crippen LogP contribution in [-0.4, -0.2) is 23.8 Å². The summed E-state index contributed by atoms with van der Waals surface area (Å²) in [6.07, 6.45) is 3.94. The van der Waals surface area contributed by atoms with Gasteiger partial charge < -0.3 is 4.90 Å². The second-order valence-corrected chi connectivity index (χ2v) is 5.08. The van der Waals surface area contributed by atoms with E-state index in [0.717, 1.165) is 31.8 Å².